The van der Waals surface area contributed by atoms with Crippen LogP contribution in [0, 0.1) is 11.7 Å². The second-order valence-electron chi connectivity index (χ2n) is 9.00. The predicted octanol–water partition coefficient (Wildman–Crippen LogP) is 2.94. The number of hydrogen-bond acceptors (Lipinski definition) is 6. The molecule has 0 saturated carbocycles. The minimum Gasteiger partial charge on any atom is -0.494 e. The number of ether oxygens (including phenoxy) is 1. The predicted molar refractivity (Wildman–Crippen MR) is 136 cm³/mol. The van der Waals surface area contributed by atoms with Gasteiger partial charge in [-0.1, -0.05) is 24.3 Å². The number of carbonyl (C=O) groups excluding carboxylic acids is 1. The average molecular weight is 516 g/mol. The van der Waals surface area contributed by atoms with E-state index in [2.05, 4.69) is 17.0 Å². The van der Waals surface area contributed by atoms with E-state index in [1.165, 1.54) is 11.6 Å². The second-order valence-corrected chi connectivity index (χ2v) is 9.00. The quantitative estimate of drug-likeness (QED) is 0.565. The van der Waals surface area contributed by atoms with Crippen molar-refractivity contribution in [3.05, 3.63) is 59.9 Å². The number of likely N-dealkylation sites (tertiary alicyclic amines) is 1. The van der Waals surface area contributed by atoms with Crippen LogP contribution in [0.2, 0.25) is 0 Å². The lowest BCUT2D eigenvalue weighted by atomic mass is 9.94. The van der Waals surface area contributed by atoms with E-state index in [0.717, 1.165) is 38.2 Å². The molecule has 0 aromatic heterocycles. The van der Waals surface area contributed by atoms with E-state index in [0.29, 0.717) is 38.5 Å². The number of hydrogen-bond donors (Lipinski definition) is 2. The zero-order valence-electron chi connectivity index (χ0n) is 21.0. The third-order valence-corrected chi connectivity index (χ3v) is 6.54. The molecule has 2 saturated heterocycles. The number of anilines is 1. The van der Waals surface area contributed by atoms with Crippen LogP contribution in [-0.2, 0) is 20.9 Å². The smallest absolute Gasteiger partial charge is 0.414 e. The number of benzene rings is 2. The minimum absolute atomic E-state index is 0.108. The summed E-state index contributed by atoms with van der Waals surface area (Å²) < 4.78 is 19.5. The Hall–Kier alpha value is -3.66. The molecule has 2 N–H and O–H groups in total. The first kappa shape index (κ1) is 27.9. The Morgan fingerprint density at radius 3 is 2.03 bits per heavy atom. The molecule has 2 fully saturated rings. The van der Waals surface area contributed by atoms with Gasteiger partial charge in [0, 0.05) is 38.6 Å². The Bertz CT molecular complexity index is 1040. The van der Waals surface area contributed by atoms with Crippen LogP contribution in [0.1, 0.15) is 25.3 Å². The highest BCUT2D eigenvalue weighted by molar-refractivity contribution is 6.27. The number of aliphatic carboxylic acids is 2. The van der Waals surface area contributed by atoms with Crippen LogP contribution in [-0.4, -0.2) is 83.7 Å². The third kappa shape index (κ3) is 8.18. The zero-order chi connectivity index (χ0) is 26.8. The molecule has 0 unspecified atom stereocenters. The van der Waals surface area contributed by atoms with E-state index in [4.69, 9.17) is 24.5 Å². The fourth-order valence-corrected chi connectivity index (χ4v) is 4.59. The minimum atomic E-state index is -1.82. The van der Waals surface area contributed by atoms with Crippen LogP contribution in [0.5, 0.6) is 5.75 Å². The number of carboxylic acids is 2. The maximum Gasteiger partial charge on any atom is 0.414 e. The number of para-hydroxylation sites is 1. The molecule has 1 amide bonds. The zero-order valence-corrected chi connectivity index (χ0v) is 21.0. The molecule has 0 spiro atoms. The van der Waals surface area contributed by atoms with Crippen molar-refractivity contribution in [1.82, 2.24) is 9.80 Å². The van der Waals surface area contributed by atoms with Crippen LogP contribution < -0.4 is 9.64 Å². The highest BCUT2D eigenvalue weighted by atomic mass is 19.1. The van der Waals surface area contributed by atoms with Crippen molar-refractivity contribution in [3.8, 4) is 5.75 Å². The number of carboxylic acid groups (broad SMARTS) is 2. The molecule has 2 aromatic rings. The summed E-state index contributed by atoms with van der Waals surface area (Å²) in [5.41, 5.74) is 1.91. The average Bonchev–Trinajstić information content (AvgIpc) is 2.91. The van der Waals surface area contributed by atoms with Crippen LogP contribution >= 0.6 is 0 Å². The van der Waals surface area contributed by atoms with E-state index < -0.39 is 11.9 Å². The normalized spacial score (nSPS) is 16.5. The molecule has 0 atom stereocenters. The van der Waals surface area contributed by atoms with E-state index >= 15 is 0 Å². The molecule has 10 heteroatoms. The summed E-state index contributed by atoms with van der Waals surface area (Å²) in [5, 5.41) is 14.8. The van der Waals surface area contributed by atoms with E-state index in [1.54, 1.807) is 6.07 Å². The summed E-state index contributed by atoms with van der Waals surface area (Å²) in [5.74, 6) is -2.55. The van der Waals surface area contributed by atoms with Gasteiger partial charge >= 0.3 is 11.9 Å². The SMILES string of the molecule is CCOc1ccc(CN2CCC(C(=O)N3CCN(c4ccccc4F)CC3)CC2)cc1.O=C(O)C(=O)O. The molecule has 2 aromatic carbocycles. The van der Waals surface area contributed by atoms with Gasteiger partial charge in [-0.25, -0.2) is 14.0 Å². The first-order valence-electron chi connectivity index (χ1n) is 12.5. The highest BCUT2D eigenvalue weighted by Gasteiger charge is 2.30. The largest absolute Gasteiger partial charge is 0.494 e. The Morgan fingerprint density at radius 1 is 0.892 bits per heavy atom. The fraction of sp³-hybridized carbons (Fsp3) is 0.444. The van der Waals surface area contributed by atoms with Gasteiger partial charge in [0.2, 0.25) is 5.91 Å². The molecule has 9 nitrogen and oxygen atoms in total. The van der Waals surface area contributed by atoms with Gasteiger partial charge in [0.05, 0.1) is 12.3 Å². The Labute approximate surface area is 216 Å². The topological polar surface area (TPSA) is 111 Å². The summed E-state index contributed by atoms with van der Waals surface area (Å²) in [6, 6.07) is 15.2. The molecule has 4 rings (SSSR count). The highest BCUT2D eigenvalue weighted by Crippen LogP contribution is 2.24. The number of piperidine rings is 1. The van der Waals surface area contributed by atoms with Gasteiger partial charge in [-0.15, -0.1) is 0 Å². The number of nitrogens with zero attached hydrogens (tertiary/aromatic N) is 3. The molecular weight excluding hydrogens is 481 g/mol. The molecule has 2 aliphatic heterocycles. The first-order chi connectivity index (χ1) is 17.8. The lowest BCUT2D eigenvalue weighted by molar-refractivity contribution is -0.159. The molecule has 0 radical (unpaired) electrons. The van der Waals surface area contributed by atoms with E-state index in [-0.39, 0.29) is 17.6 Å². The van der Waals surface area contributed by atoms with Crippen molar-refractivity contribution in [2.45, 2.75) is 26.3 Å². The summed E-state index contributed by atoms with van der Waals surface area (Å²) in [4.78, 5) is 37.7. The van der Waals surface area contributed by atoms with Crippen molar-refractivity contribution < 1.29 is 33.7 Å². The van der Waals surface area contributed by atoms with Crippen LogP contribution in [0.15, 0.2) is 48.5 Å². The first-order valence-corrected chi connectivity index (χ1v) is 12.5. The van der Waals surface area contributed by atoms with E-state index in [1.807, 2.05) is 41.0 Å². The second kappa shape index (κ2) is 13.6. The molecule has 0 aliphatic carbocycles. The molecular formula is C27H34FN3O6. The van der Waals surface area contributed by atoms with Crippen molar-refractivity contribution in [2.75, 3.05) is 50.8 Å². The number of piperazine rings is 1. The fourth-order valence-electron chi connectivity index (χ4n) is 4.59. The Balaban J connectivity index is 0.000000568. The maximum absolute atomic E-state index is 14.0. The van der Waals surface area contributed by atoms with Gasteiger partial charge in [-0.3, -0.25) is 9.69 Å². The standard InChI is InChI=1S/C25H32FN3O2.C2H2O4/c1-2-31-22-9-7-20(8-10-22)19-27-13-11-21(12-14-27)25(30)29-17-15-28(16-18-29)24-6-4-3-5-23(24)26;3-1(4)2(5)6/h3-10,21H,2,11-19H2,1H3;(H,3,4)(H,5,6). The summed E-state index contributed by atoms with van der Waals surface area (Å²) in [6.45, 7) is 8.17. The number of rotatable bonds is 6. The lowest BCUT2D eigenvalue weighted by Gasteiger charge is -2.39. The summed E-state index contributed by atoms with van der Waals surface area (Å²) in [6.07, 6.45) is 1.81. The molecule has 0 bridgehead atoms. The maximum atomic E-state index is 14.0. The monoisotopic (exact) mass is 515 g/mol. The van der Waals surface area contributed by atoms with Gasteiger partial charge in [0.15, 0.2) is 0 Å². The van der Waals surface area contributed by atoms with Crippen molar-refractivity contribution in [3.63, 3.8) is 0 Å². The van der Waals surface area contributed by atoms with Crippen molar-refractivity contribution in [1.29, 1.82) is 0 Å². The molecule has 37 heavy (non-hydrogen) atoms. The van der Waals surface area contributed by atoms with Crippen molar-refractivity contribution in [2.24, 2.45) is 5.92 Å². The number of carbonyl (C=O) groups is 3. The van der Waals surface area contributed by atoms with Gasteiger partial charge in [0.25, 0.3) is 0 Å². The van der Waals surface area contributed by atoms with Crippen LogP contribution in [0.25, 0.3) is 0 Å². The van der Waals surface area contributed by atoms with Gasteiger partial charge in [0.1, 0.15) is 11.6 Å². The molecule has 2 heterocycles. The van der Waals surface area contributed by atoms with Crippen LogP contribution in [0.3, 0.4) is 0 Å². The molecule has 200 valence electrons. The van der Waals surface area contributed by atoms with Gasteiger partial charge in [-0.2, -0.15) is 0 Å². The van der Waals surface area contributed by atoms with Crippen LogP contribution in [0.4, 0.5) is 10.1 Å². The Morgan fingerprint density at radius 2 is 1.49 bits per heavy atom. The summed E-state index contributed by atoms with van der Waals surface area (Å²) in [7, 11) is 0. The summed E-state index contributed by atoms with van der Waals surface area (Å²) >= 11 is 0. The molecule has 2 aliphatic rings. The number of halogens is 1. The number of amides is 1. The Kier molecular flexibility index (Phi) is 10.3. The van der Waals surface area contributed by atoms with E-state index in [9.17, 15) is 9.18 Å². The van der Waals surface area contributed by atoms with Gasteiger partial charge in [-0.05, 0) is 62.7 Å². The third-order valence-electron chi connectivity index (χ3n) is 6.54. The van der Waals surface area contributed by atoms with Crippen molar-refractivity contribution >= 4 is 23.5 Å². The van der Waals surface area contributed by atoms with Gasteiger partial charge < -0.3 is 24.7 Å². The lowest BCUT2D eigenvalue weighted by Crippen LogP contribution is -2.51.